The Kier molecular flexibility index (Phi) is 4.87. The highest BCUT2D eigenvalue weighted by atomic mass is 127. The van der Waals surface area contributed by atoms with Crippen molar-refractivity contribution in [3.05, 3.63) is 79.8 Å². The number of benzene rings is 3. The summed E-state index contributed by atoms with van der Waals surface area (Å²) in [7, 11) is 0. The molecule has 1 atom stereocenters. The van der Waals surface area contributed by atoms with E-state index in [1.807, 2.05) is 0 Å². The molecule has 3 rings (SSSR count). The second-order valence-electron chi connectivity index (χ2n) is 4.98. The summed E-state index contributed by atoms with van der Waals surface area (Å²) in [4.78, 5) is 0. The summed E-state index contributed by atoms with van der Waals surface area (Å²) in [5.74, 6) is 0. The molecule has 106 valence electrons. The maximum atomic E-state index is 6.69. The van der Waals surface area contributed by atoms with Crippen molar-refractivity contribution < 1.29 is 0 Å². The van der Waals surface area contributed by atoms with Crippen LogP contribution in [0.1, 0.15) is 16.5 Å². The number of hydrogen-bond donors (Lipinski definition) is 0. The summed E-state index contributed by atoms with van der Waals surface area (Å²) < 4.78 is 2.28. The molecule has 0 fully saturated rings. The summed E-state index contributed by atoms with van der Waals surface area (Å²) in [5, 5.41) is 2.51. The topological polar surface area (TPSA) is 0 Å². The Morgan fingerprint density at radius 1 is 1.00 bits per heavy atom. The van der Waals surface area contributed by atoms with E-state index in [4.69, 9.17) is 11.6 Å². The van der Waals surface area contributed by atoms with Crippen LogP contribution in [0.5, 0.6) is 0 Å². The predicted octanol–water partition coefficient (Wildman–Crippen LogP) is 6.73. The average molecular weight is 472 g/mol. The number of halogens is 3. The van der Waals surface area contributed by atoms with E-state index in [0.29, 0.717) is 0 Å². The van der Waals surface area contributed by atoms with Gasteiger partial charge in [0.25, 0.3) is 0 Å². The molecule has 0 saturated heterocycles. The lowest BCUT2D eigenvalue weighted by atomic mass is 9.98. The van der Waals surface area contributed by atoms with Crippen LogP contribution in [-0.2, 0) is 6.42 Å². The molecule has 0 radical (unpaired) electrons. The van der Waals surface area contributed by atoms with E-state index < -0.39 is 0 Å². The van der Waals surface area contributed by atoms with Crippen molar-refractivity contribution in [3.63, 3.8) is 0 Å². The molecule has 0 aliphatic heterocycles. The van der Waals surface area contributed by atoms with Crippen molar-refractivity contribution >= 4 is 60.9 Å². The van der Waals surface area contributed by atoms with Crippen LogP contribution in [0.2, 0.25) is 0 Å². The minimum Gasteiger partial charge on any atom is -0.117 e. The Hall–Kier alpha value is -0.580. The maximum Gasteiger partial charge on any atom is 0.0637 e. The highest BCUT2D eigenvalue weighted by Crippen LogP contribution is 2.33. The summed E-state index contributed by atoms with van der Waals surface area (Å²) in [5.41, 5.74) is 2.44. The van der Waals surface area contributed by atoms with Crippen LogP contribution in [0, 0.1) is 3.57 Å². The second kappa shape index (κ2) is 6.67. The van der Waals surface area contributed by atoms with Gasteiger partial charge in [-0.1, -0.05) is 58.4 Å². The SMILES string of the molecule is ClC(Cc1cccc2ccccc12)c1cc(I)ccc1Br. The molecular formula is C18H13BrClI. The molecule has 0 nitrogen and oxygen atoms in total. The fraction of sp³-hybridized carbons (Fsp3) is 0.111. The van der Waals surface area contributed by atoms with E-state index in [1.54, 1.807) is 0 Å². The van der Waals surface area contributed by atoms with Gasteiger partial charge in [-0.3, -0.25) is 0 Å². The lowest BCUT2D eigenvalue weighted by Crippen LogP contribution is -1.98. The quantitative estimate of drug-likeness (QED) is 0.294. The second-order valence-corrected chi connectivity index (χ2v) is 7.60. The van der Waals surface area contributed by atoms with E-state index in [1.165, 1.54) is 19.9 Å². The van der Waals surface area contributed by atoms with Crippen LogP contribution in [0.25, 0.3) is 10.8 Å². The van der Waals surface area contributed by atoms with Gasteiger partial charge in [0.1, 0.15) is 0 Å². The zero-order chi connectivity index (χ0) is 14.8. The van der Waals surface area contributed by atoms with Crippen LogP contribution in [0.15, 0.2) is 65.1 Å². The van der Waals surface area contributed by atoms with E-state index in [-0.39, 0.29) is 5.38 Å². The molecule has 0 amide bonds. The van der Waals surface area contributed by atoms with Crippen molar-refractivity contribution in [2.45, 2.75) is 11.8 Å². The average Bonchev–Trinajstić information content (AvgIpc) is 2.50. The van der Waals surface area contributed by atoms with Crippen molar-refractivity contribution in [1.29, 1.82) is 0 Å². The zero-order valence-electron chi connectivity index (χ0n) is 11.2. The van der Waals surface area contributed by atoms with Gasteiger partial charge in [-0.25, -0.2) is 0 Å². The molecule has 21 heavy (non-hydrogen) atoms. The van der Waals surface area contributed by atoms with Gasteiger partial charge in [-0.15, -0.1) is 11.6 Å². The number of rotatable bonds is 3. The van der Waals surface area contributed by atoms with E-state index in [2.05, 4.69) is 99.2 Å². The third-order valence-electron chi connectivity index (χ3n) is 3.57. The van der Waals surface area contributed by atoms with Gasteiger partial charge < -0.3 is 0 Å². The van der Waals surface area contributed by atoms with Gasteiger partial charge in [-0.2, -0.15) is 0 Å². The molecule has 0 heterocycles. The molecular weight excluding hydrogens is 458 g/mol. The summed E-state index contributed by atoms with van der Waals surface area (Å²) >= 11 is 12.6. The van der Waals surface area contributed by atoms with E-state index >= 15 is 0 Å². The lowest BCUT2D eigenvalue weighted by Gasteiger charge is -2.14. The van der Waals surface area contributed by atoms with Crippen LogP contribution >= 0.6 is 50.1 Å². The molecule has 1 unspecified atom stereocenters. The zero-order valence-corrected chi connectivity index (χ0v) is 15.7. The first-order chi connectivity index (χ1) is 10.1. The van der Waals surface area contributed by atoms with Gasteiger partial charge in [-0.05, 0) is 69.1 Å². The van der Waals surface area contributed by atoms with Crippen molar-refractivity contribution in [2.24, 2.45) is 0 Å². The van der Waals surface area contributed by atoms with Crippen LogP contribution < -0.4 is 0 Å². The summed E-state index contributed by atoms with van der Waals surface area (Å²) in [6.45, 7) is 0. The first kappa shape index (κ1) is 15.3. The first-order valence-corrected chi connectivity index (χ1v) is 9.01. The molecule has 0 saturated carbocycles. The Balaban J connectivity index is 1.96. The summed E-state index contributed by atoms with van der Waals surface area (Å²) in [6, 6.07) is 21.2. The Bertz CT molecular complexity index is 780. The third-order valence-corrected chi connectivity index (χ3v) is 5.36. The van der Waals surface area contributed by atoms with Crippen LogP contribution in [0.3, 0.4) is 0 Å². The molecule has 0 bridgehead atoms. The normalized spacial score (nSPS) is 12.5. The standard InChI is InChI=1S/C18H13BrClI/c19-17-9-8-14(21)11-16(17)18(20)10-13-6-3-5-12-4-1-2-7-15(12)13/h1-9,11,18H,10H2. The van der Waals surface area contributed by atoms with Gasteiger partial charge in [0.2, 0.25) is 0 Å². The molecule has 0 aromatic heterocycles. The van der Waals surface area contributed by atoms with Crippen molar-refractivity contribution in [2.75, 3.05) is 0 Å². The Morgan fingerprint density at radius 2 is 1.76 bits per heavy atom. The number of alkyl halides is 1. The monoisotopic (exact) mass is 470 g/mol. The maximum absolute atomic E-state index is 6.69. The Morgan fingerprint density at radius 3 is 2.62 bits per heavy atom. The molecule has 3 aromatic carbocycles. The predicted molar refractivity (Wildman–Crippen MR) is 103 cm³/mol. The van der Waals surface area contributed by atoms with Gasteiger partial charge >= 0.3 is 0 Å². The minimum absolute atomic E-state index is 0.0418. The number of fused-ring (bicyclic) bond motifs is 1. The highest BCUT2D eigenvalue weighted by Gasteiger charge is 2.14. The Labute approximate surface area is 151 Å². The molecule has 3 aromatic rings. The van der Waals surface area contributed by atoms with Crippen LogP contribution in [-0.4, -0.2) is 0 Å². The number of hydrogen-bond acceptors (Lipinski definition) is 0. The summed E-state index contributed by atoms with van der Waals surface area (Å²) in [6.07, 6.45) is 0.821. The highest BCUT2D eigenvalue weighted by molar-refractivity contribution is 14.1. The fourth-order valence-electron chi connectivity index (χ4n) is 2.53. The fourth-order valence-corrected chi connectivity index (χ4v) is 4.04. The van der Waals surface area contributed by atoms with E-state index in [0.717, 1.165) is 16.5 Å². The van der Waals surface area contributed by atoms with Gasteiger partial charge in [0.15, 0.2) is 0 Å². The molecule has 0 N–H and O–H groups in total. The smallest absolute Gasteiger partial charge is 0.0637 e. The third kappa shape index (κ3) is 3.43. The largest absolute Gasteiger partial charge is 0.117 e. The molecule has 0 aliphatic carbocycles. The van der Waals surface area contributed by atoms with Crippen molar-refractivity contribution in [3.8, 4) is 0 Å². The van der Waals surface area contributed by atoms with Crippen molar-refractivity contribution in [1.82, 2.24) is 0 Å². The minimum atomic E-state index is -0.0418. The molecule has 0 spiro atoms. The lowest BCUT2D eigenvalue weighted by molar-refractivity contribution is 0.921. The molecule has 0 aliphatic rings. The van der Waals surface area contributed by atoms with Gasteiger partial charge in [0.05, 0.1) is 5.38 Å². The van der Waals surface area contributed by atoms with Crippen LogP contribution in [0.4, 0.5) is 0 Å². The van der Waals surface area contributed by atoms with Gasteiger partial charge in [0, 0.05) is 8.04 Å². The molecule has 3 heteroatoms. The first-order valence-electron chi connectivity index (χ1n) is 6.71. The van der Waals surface area contributed by atoms with E-state index in [9.17, 15) is 0 Å².